The molecule has 19 heavy (non-hydrogen) atoms. The number of aryl methyl sites for hydroxylation is 2. The van der Waals surface area contributed by atoms with Gasteiger partial charge < -0.3 is 5.32 Å². The lowest BCUT2D eigenvalue weighted by atomic mass is 10.2. The number of hydrogen-bond acceptors (Lipinski definition) is 3. The van der Waals surface area contributed by atoms with Gasteiger partial charge >= 0.3 is 0 Å². The molecule has 0 aliphatic heterocycles. The first kappa shape index (κ1) is 13.8. The van der Waals surface area contributed by atoms with Gasteiger partial charge in [0, 0.05) is 25.4 Å². The minimum atomic E-state index is -0.148. The molecule has 0 fully saturated rings. The lowest BCUT2D eigenvalue weighted by Gasteiger charge is -2.10. The minimum absolute atomic E-state index is 0.148. The molecule has 0 aliphatic rings. The van der Waals surface area contributed by atoms with Crippen LogP contribution in [-0.2, 0) is 11.3 Å². The zero-order valence-corrected chi connectivity index (χ0v) is 11.7. The third-order valence-electron chi connectivity index (χ3n) is 2.53. The van der Waals surface area contributed by atoms with Gasteiger partial charge in [0.2, 0.25) is 5.91 Å². The first-order chi connectivity index (χ1) is 9.06. The second-order valence-corrected chi connectivity index (χ2v) is 4.74. The Kier molecular flexibility index (Phi) is 4.39. The van der Waals surface area contributed by atoms with Gasteiger partial charge in [-0.1, -0.05) is 23.2 Å². The summed E-state index contributed by atoms with van der Waals surface area (Å²) in [5.41, 5.74) is 1.27. The van der Waals surface area contributed by atoms with Crippen molar-refractivity contribution in [1.82, 2.24) is 14.8 Å². The monoisotopic (exact) mass is 298 g/mol. The Bertz CT molecular complexity index is 560. The van der Waals surface area contributed by atoms with Crippen molar-refractivity contribution in [3.63, 3.8) is 0 Å². The van der Waals surface area contributed by atoms with E-state index in [1.165, 1.54) is 0 Å². The van der Waals surface area contributed by atoms with Gasteiger partial charge in [0.25, 0.3) is 0 Å². The molecule has 0 bridgehead atoms. The molecule has 1 amide bonds. The molecule has 0 radical (unpaired) electrons. The molecule has 0 atom stereocenters. The first-order valence-corrected chi connectivity index (χ1v) is 6.42. The van der Waals surface area contributed by atoms with Crippen molar-refractivity contribution in [1.29, 1.82) is 0 Å². The average Bonchev–Trinajstić information content (AvgIpc) is 2.84. The number of carbonyl (C=O) groups is 1. The predicted molar refractivity (Wildman–Crippen MR) is 74.5 cm³/mol. The van der Waals surface area contributed by atoms with E-state index in [0.717, 1.165) is 5.56 Å². The molecule has 0 unspecified atom stereocenters. The fourth-order valence-corrected chi connectivity index (χ4v) is 2.18. The van der Waals surface area contributed by atoms with Crippen LogP contribution in [0.1, 0.15) is 12.0 Å². The zero-order chi connectivity index (χ0) is 13.8. The molecule has 2 aromatic heterocycles. The van der Waals surface area contributed by atoms with Crippen LogP contribution in [0, 0.1) is 6.92 Å². The van der Waals surface area contributed by atoms with Crippen molar-refractivity contribution in [2.45, 2.75) is 19.9 Å². The molecule has 2 heterocycles. The fourth-order valence-electron chi connectivity index (χ4n) is 1.60. The third-order valence-corrected chi connectivity index (χ3v) is 3.00. The van der Waals surface area contributed by atoms with E-state index in [1.54, 1.807) is 23.1 Å². The molecule has 0 aromatic carbocycles. The smallest absolute Gasteiger partial charge is 0.226 e. The van der Waals surface area contributed by atoms with E-state index in [4.69, 9.17) is 23.2 Å². The van der Waals surface area contributed by atoms with E-state index in [9.17, 15) is 4.79 Å². The van der Waals surface area contributed by atoms with Crippen LogP contribution in [0.5, 0.6) is 0 Å². The first-order valence-electron chi connectivity index (χ1n) is 5.66. The van der Waals surface area contributed by atoms with Crippen LogP contribution < -0.4 is 5.32 Å². The molecule has 0 aliphatic carbocycles. The van der Waals surface area contributed by atoms with Crippen LogP contribution in [0.15, 0.2) is 24.5 Å². The standard InChI is InChI=1S/C12H12Cl2N4O/c1-8-7-9(13)16-12(14)11(8)17-10(19)3-6-18-5-2-4-15-18/h2,4-5,7H,3,6H2,1H3,(H,17,19). The van der Waals surface area contributed by atoms with Gasteiger partial charge in [0.1, 0.15) is 5.15 Å². The van der Waals surface area contributed by atoms with E-state index in [0.29, 0.717) is 23.8 Å². The van der Waals surface area contributed by atoms with E-state index >= 15 is 0 Å². The molecule has 7 heteroatoms. The number of hydrogen-bond donors (Lipinski definition) is 1. The highest BCUT2D eigenvalue weighted by atomic mass is 35.5. The summed E-state index contributed by atoms with van der Waals surface area (Å²) in [5.74, 6) is -0.148. The summed E-state index contributed by atoms with van der Waals surface area (Å²) in [4.78, 5) is 15.7. The molecule has 1 N–H and O–H groups in total. The summed E-state index contributed by atoms with van der Waals surface area (Å²) < 4.78 is 1.69. The van der Waals surface area contributed by atoms with Crippen LogP contribution in [0.2, 0.25) is 10.3 Å². The molecule has 0 saturated carbocycles. The lowest BCUT2D eigenvalue weighted by molar-refractivity contribution is -0.116. The summed E-state index contributed by atoms with van der Waals surface area (Å²) in [6, 6.07) is 3.46. The van der Waals surface area contributed by atoms with Crippen molar-refractivity contribution in [3.8, 4) is 0 Å². The molecule has 0 saturated heterocycles. The molecule has 5 nitrogen and oxygen atoms in total. The highest BCUT2D eigenvalue weighted by Crippen LogP contribution is 2.26. The molecular weight excluding hydrogens is 287 g/mol. The van der Waals surface area contributed by atoms with Gasteiger partial charge in [-0.15, -0.1) is 0 Å². The van der Waals surface area contributed by atoms with E-state index in [1.807, 2.05) is 13.0 Å². The average molecular weight is 299 g/mol. The minimum Gasteiger partial charge on any atom is -0.323 e. The van der Waals surface area contributed by atoms with Crippen LogP contribution in [0.4, 0.5) is 5.69 Å². The normalized spacial score (nSPS) is 10.5. The van der Waals surface area contributed by atoms with Crippen LogP contribution >= 0.6 is 23.2 Å². The number of anilines is 1. The Labute approximate surface area is 120 Å². The van der Waals surface area contributed by atoms with Crippen molar-refractivity contribution >= 4 is 34.8 Å². The van der Waals surface area contributed by atoms with Crippen molar-refractivity contribution < 1.29 is 4.79 Å². The number of amides is 1. The van der Waals surface area contributed by atoms with E-state index in [-0.39, 0.29) is 11.1 Å². The number of nitrogens with one attached hydrogen (secondary N) is 1. The molecule has 0 spiro atoms. The largest absolute Gasteiger partial charge is 0.323 e. The van der Waals surface area contributed by atoms with E-state index < -0.39 is 0 Å². The van der Waals surface area contributed by atoms with Gasteiger partial charge in [-0.25, -0.2) is 4.98 Å². The van der Waals surface area contributed by atoms with Gasteiger partial charge in [-0.05, 0) is 24.6 Å². The Morgan fingerprint density at radius 2 is 2.26 bits per heavy atom. The number of halogens is 2. The lowest BCUT2D eigenvalue weighted by Crippen LogP contribution is -2.16. The van der Waals surface area contributed by atoms with Crippen molar-refractivity contribution in [2.75, 3.05) is 5.32 Å². The van der Waals surface area contributed by atoms with E-state index in [2.05, 4.69) is 15.4 Å². The maximum atomic E-state index is 11.8. The second-order valence-electron chi connectivity index (χ2n) is 3.99. The summed E-state index contributed by atoms with van der Waals surface area (Å²) in [6.07, 6.45) is 3.78. The Morgan fingerprint density at radius 1 is 1.47 bits per heavy atom. The highest BCUT2D eigenvalue weighted by molar-refractivity contribution is 6.34. The second kappa shape index (κ2) is 6.04. The quantitative estimate of drug-likeness (QED) is 0.883. The van der Waals surface area contributed by atoms with Gasteiger partial charge in [-0.2, -0.15) is 5.10 Å². The maximum absolute atomic E-state index is 11.8. The Hall–Kier alpha value is -1.59. The van der Waals surface area contributed by atoms with Gasteiger partial charge in [-0.3, -0.25) is 9.48 Å². The van der Waals surface area contributed by atoms with Gasteiger partial charge in [0.05, 0.1) is 5.69 Å². The molecule has 2 aromatic rings. The predicted octanol–water partition coefficient (Wildman–Crippen LogP) is 2.92. The summed E-state index contributed by atoms with van der Waals surface area (Å²) in [7, 11) is 0. The summed E-state index contributed by atoms with van der Waals surface area (Å²) >= 11 is 11.7. The Balaban J connectivity index is 1.99. The van der Waals surface area contributed by atoms with Crippen molar-refractivity contribution in [2.24, 2.45) is 0 Å². The molecular formula is C12H12Cl2N4O. The molecule has 100 valence electrons. The van der Waals surface area contributed by atoms with Crippen LogP contribution in [0.3, 0.4) is 0 Å². The number of nitrogens with zero attached hydrogens (tertiary/aromatic N) is 3. The van der Waals surface area contributed by atoms with Crippen LogP contribution in [0.25, 0.3) is 0 Å². The van der Waals surface area contributed by atoms with Crippen molar-refractivity contribution in [3.05, 3.63) is 40.4 Å². The summed E-state index contributed by atoms with van der Waals surface area (Å²) in [6.45, 7) is 2.32. The number of carbonyl (C=O) groups excluding carboxylic acids is 1. The number of pyridine rings is 1. The SMILES string of the molecule is Cc1cc(Cl)nc(Cl)c1NC(=O)CCn1cccn1. The fraction of sp³-hybridized carbons (Fsp3) is 0.250. The topological polar surface area (TPSA) is 59.8 Å². The summed E-state index contributed by atoms with van der Waals surface area (Å²) in [5, 5.41) is 7.25. The zero-order valence-electron chi connectivity index (χ0n) is 10.2. The molecule has 2 rings (SSSR count). The number of rotatable bonds is 4. The number of aromatic nitrogens is 3. The van der Waals surface area contributed by atoms with Crippen LogP contribution in [-0.4, -0.2) is 20.7 Å². The maximum Gasteiger partial charge on any atom is 0.226 e. The third kappa shape index (κ3) is 3.68. The Morgan fingerprint density at radius 3 is 2.89 bits per heavy atom. The van der Waals surface area contributed by atoms with Gasteiger partial charge in [0.15, 0.2) is 5.15 Å². The highest BCUT2D eigenvalue weighted by Gasteiger charge is 2.11.